The number of hydrogen-bond acceptors (Lipinski definition) is 5. The highest BCUT2D eigenvalue weighted by molar-refractivity contribution is 5.89. The van der Waals surface area contributed by atoms with E-state index >= 15 is 0 Å². The lowest BCUT2D eigenvalue weighted by molar-refractivity contribution is -0.0231. The molecule has 1 atom stereocenters. The summed E-state index contributed by atoms with van der Waals surface area (Å²) in [6.45, 7) is 7.92. The van der Waals surface area contributed by atoms with Crippen molar-refractivity contribution in [2.75, 3.05) is 19.8 Å². The van der Waals surface area contributed by atoms with E-state index in [1.165, 1.54) is 12.3 Å². The Balaban J connectivity index is 2.15. The van der Waals surface area contributed by atoms with Crippen LogP contribution in [0.25, 0.3) is 11.3 Å². The number of aryl methyl sites for hydroxylation is 1. The predicted molar refractivity (Wildman–Crippen MR) is 112 cm³/mol. The third-order valence-corrected chi connectivity index (χ3v) is 5.15. The number of fused-ring (bicyclic) bond motifs is 3. The van der Waals surface area contributed by atoms with Gasteiger partial charge in [0.1, 0.15) is 23.7 Å². The fraction of sp³-hybridized carbons (Fsp3) is 0.478. The molecule has 0 aliphatic carbocycles. The summed E-state index contributed by atoms with van der Waals surface area (Å²) < 4.78 is 44.7. The molecule has 0 saturated heterocycles. The third-order valence-electron chi connectivity index (χ3n) is 5.15. The predicted octanol–water partition coefficient (Wildman–Crippen LogP) is 4.62. The van der Waals surface area contributed by atoms with Gasteiger partial charge >= 0.3 is 5.97 Å². The van der Waals surface area contributed by atoms with Crippen LogP contribution in [0.3, 0.4) is 0 Å². The second-order valence-corrected chi connectivity index (χ2v) is 8.16. The number of aromatic nitrogens is 1. The molecule has 3 rings (SSSR count). The van der Waals surface area contributed by atoms with E-state index in [0.717, 1.165) is 6.92 Å². The molecular weight excluding hydrogens is 408 g/mol. The van der Waals surface area contributed by atoms with Crippen LogP contribution in [0.4, 0.5) is 8.78 Å². The molecule has 0 N–H and O–H groups in total. The van der Waals surface area contributed by atoms with Gasteiger partial charge in [0.05, 0.1) is 18.3 Å². The molecule has 2 heterocycles. The summed E-state index contributed by atoms with van der Waals surface area (Å²) in [4.78, 5) is 25.0. The van der Waals surface area contributed by atoms with Crippen molar-refractivity contribution in [3.63, 3.8) is 0 Å². The maximum absolute atomic E-state index is 13.3. The largest absolute Gasteiger partial charge is 0.491 e. The molecule has 0 radical (unpaired) electrons. The van der Waals surface area contributed by atoms with Crippen molar-refractivity contribution < 1.29 is 27.8 Å². The van der Waals surface area contributed by atoms with Gasteiger partial charge in [-0.1, -0.05) is 13.8 Å². The molecule has 1 aromatic heterocycles. The zero-order valence-corrected chi connectivity index (χ0v) is 18.3. The van der Waals surface area contributed by atoms with Crippen molar-refractivity contribution in [2.45, 2.75) is 46.6 Å². The van der Waals surface area contributed by atoms with E-state index in [2.05, 4.69) is 0 Å². The Kier molecular flexibility index (Phi) is 6.38. The van der Waals surface area contributed by atoms with Gasteiger partial charge in [0, 0.05) is 30.8 Å². The van der Waals surface area contributed by atoms with E-state index in [1.807, 2.05) is 18.4 Å². The van der Waals surface area contributed by atoms with E-state index in [1.54, 1.807) is 26.0 Å². The number of hydrogen-bond donors (Lipinski definition) is 0. The van der Waals surface area contributed by atoms with Gasteiger partial charge in [-0.2, -0.15) is 0 Å². The number of halogens is 2. The Morgan fingerprint density at radius 1 is 1.32 bits per heavy atom. The summed E-state index contributed by atoms with van der Waals surface area (Å²) in [6.07, 6.45) is 1.52. The fourth-order valence-corrected chi connectivity index (χ4v) is 3.52. The number of rotatable bonds is 6. The lowest BCUT2D eigenvalue weighted by Crippen LogP contribution is -2.26. The molecule has 8 heteroatoms. The number of carbonyl (C=O) groups excluding carboxylic acids is 1. The molecule has 6 nitrogen and oxygen atoms in total. The fourth-order valence-electron chi connectivity index (χ4n) is 3.52. The number of pyridine rings is 1. The SMILES string of the molecule is CCOC(=O)c1cn2c(cc1=O)-c1cc(C)c(OCC(C)(F)F)cc1OC[C@H]2C(C)C. The molecule has 168 valence electrons. The molecule has 0 saturated carbocycles. The van der Waals surface area contributed by atoms with E-state index in [-0.39, 0.29) is 30.7 Å². The highest BCUT2D eigenvalue weighted by Crippen LogP contribution is 2.40. The molecule has 1 aliphatic heterocycles. The quantitative estimate of drug-likeness (QED) is 0.620. The van der Waals surface area contributed by atoms with Gasteiger partial charge in [-0.25, -0.2) is 13.6 Å². The van der Waals surface area contributed by atoms with Crippen LogP contribution in [-0.2, 0) is 4.74 Å². The summed E-state index contributed by atoms with van der Waals surface area (Å²) >= 11 is 0. The Labute approximate surface area is 179 Å². The monoisotopic (exact) mass is 435 g/mol. The number of carbonyl (C=O) groups is 1. The lowest BCUT2D eigenvalue weighted by Gasteiger charge is -2.24. The Morgan fingerprint density at radius 2 is 2.03 bits per heavy atom. The van der Waals surface area contributed by atoms with Crippen molar-refractivity contribution in [1.29, 1.82) is 0 Å². The highest BCUT2D eigenvalue weighted by Gasteiger charge is 2.29. The minimum atomic E-state index is -2.97. The van der Waals surface area contributed by atoms with Crippen molar-refractivity contribution >= 4 is 5.97 Å². The second-order valence-electron chi connectivity index (χ2n) is 8.16. The van der Waals surface area contributed by atoms with Gasteiger partial charge in [-0.05, 0) is 31.4 Å². The van der Waals surface area contributed by atoms with Crippen LogP contribution in [0, 0.1) is 12.8 Å². The van der Waals surface area contributed by atoms with Crippen LogP contribution in [0.5, 0.6) is 11.5 Å². The Bertz CT molecular complexity index is 1040. The van der Waals surface area contributed by atoms with Gasteiger partial charge < -0.3 is 18.8 Å². The van der Waals surface area contributed by atoms with Gasteiger partial charge in [-0.15, -0.1) is 0 Å². The molecular formula is C23H27F2NO5. The molecule has 0 amide bonds. The third kappa shape index (κ3) is 4.89. The standard InChI is InChI=1S/C23H27F2NO5/c1-6-29-22(28)16-10-26-17(8-19(16)27)15-7-14(4)20(31-12-23(5,24)25)9-21(15)30-11-18(26)13(2)3/h7-10,13,18H,6,11-12H2,1-5H3/t18-/m0/s1. The van der Waals surface area contributed by atoms with Gasteiger partial charge in [0.2, 0.25) is 0 Å². The van der Waals surface area contributed by atoms with Crippen molar-refractivity contribution in [3.8, 4) is 22.8 Å². The molecule has 2 aromatic rings. The van der Waals surface area contributed by atoms with Crippen LogP contribution in [0.1, 0.15) is 49.7 Å². The van der Waals surface area contributed by atoms with E-state index in [4.69, 9.17) is 14.2 Å². The van der Waals surface area contributed by atoms with E-state index in [9.17, 15) is 18.4 Å². The Morgan fingerprint density at radius 3 is 2.65 bits per heavy atom. The zero-order chi connectivity index (χ0) is 22.9. The minimum Gasteiger partial charge on any atom is -0.491 e. The first-order valence-electron chi connectivity index (χ1n) is 10.2. The molecule has 1 aromatic carbocycles. The Hall–Kier alpha value is -2.90. The van der Waals surface area contributed by atoms with Crippen LogP contribution in [0.2, 0.25) is 0 Å². The average molecular weight is 435 g/mol. The first-order valence-corrected chi connectivity index (χ1v) is 10.2. The normalized spacial score (nSPS) is 15.5. The molecule has 0 spiro atoms. The second kappa shape index (κ2) is 8.69. The van der Waals surface area contributed by atoms with Crippen LogP contribution in [0.15, 0.2) is 29.2 Å². The number of esters is 1. The number of nitrogens with zero attached hydrogens (tertiary/aromatic N) is 1. The molecule has 0 fully saturated rings. The molecule has 31 heavy (non-hydrogen) atoms. The number of benzene rings is 1. The maximum atomic E-state index is 13.3. The summed E-state index contributed by atoms with van der Waals surface area (Å²) in [5.74, 6) is -2.79. The highest BCUT2D eigenvalue weighted by atomic mass is 19.3. The summed E-state index contributed by atoms with van der Waals surface area (Å²) in [6, 6.07) is 4.56. The summed E-state index contributed by atoms with van der Waals surface area (Å²) in [7, 11) is 0. The zero-order valence-electron chi connectivity index (χ0n) is 18.3. The van der Waals surface area contributed by atoms with E-state index < -0.39 is 23.9 Å². The van der Waals surface area contributed by atoms with Gasteiger partial charge in [-0.3, -0.25) is 4.79 Å². The van der Waals surface area contributed by atoms with Crippen LogP contribution >= 0.6 is 0 Å². The van der Waals surface area contributed by atoms with E-state index in [0.29, 0.717) is 28.3 Å². The minimum absolute atomic E-state index is 0.0402. The molecule has 0 unspecified atom stereocenters. The maximum Gasteiger partial charge on any atom is 0.343 e. The van der Waals surface area contributed by atoms with Crippen LogP contribution < -0.4 is 14.9 Å². The van der Waals surface area contributed by atoms with Crippen molar-refractivity contribution in [2.24, 2.45) is 5.92 Å². The summed E-state index contributed by atoms with van der Waals surface area (Å²) in [5, 5.41) is 0. The average Bonchev–Trinajstić information content (AvgIpc) is 2.81. The lowest BCUT2D eigenvalue weighted by atomic mass is 10.0. The van der Waals surface area contributed by atoms with Crippen molar-refractivity contribution in [1.82, 2.24) is 4.57 Å². The number of ether oxygens (including phenoxy) is 3. The van der Waals surface area contributed by atoms with Crippen LogP contribution in [-0.4, -0.2) is 36.3 Å². The van der Waals surface area contributed by atoms with Crippen molar-refractivity contribution in [3.05, 3.63) is 45.7 Å². The van der Waals surface area contributed by atoms with Gasteiger partial charge in [0.15, 0.2) is 12.0 Å². The topological polar surface area (TPSA) is 66.8 Å². The summed E-state index contributed by atoms with van der Waals surface area (Å²) in [5.41, 5.74) is 1.34. The molecule has 0 bridgehead atoms. The first-order chi connectivity index (χ1) is 14.5. The van der Waals surface area contributed by atoms with Gasteiger partial charge in [0.25, 0.3) is 5.92 Å². The first kappa shape index (κ1) is 22.8. The number of alkyl halides is 2. The smallest absolute Gasteiger partial charge is 0.343 e. The molecule has 1 aliphatic rings.